The zero-order valence-corrected chi connectivity index (χ0v) is 16.5. The molecule has 0 saturated heterocycles. The van der Waals surface area contributed by atoms with Crippen molar-refractivity contribution in [3.05, 3.63) is 57.2 Å². The van der Waals surface area contributed by atoms with E-state index in [9.17, 15) is 4.79 Å². The molecule has 2 N–H and O–H groups in total. The first-order valence-corrected chi connectivity index (χ1v) is 9.36. The van der Waals surface area contributed by atoms with Crippen molar-refractivity contribution in [2.75, 3.05) is 19.0 Å². The molecule has 0 saturated carbocycles. The Balaban J connectivity index is 2.12. The highest BCUT2D eigenvalue weighted by Gasteiger charge is 2.25. The lowest BCUT2D eigenvalue weighted by Crippen LogP contribution is -3.15. The average molecular weight is 400 g/mol. The lowest BCUT2D eigenvalue weighted by molar-refractivity contribution is -0.921. The summed E-state index contributed by atoms with van der Waals surface area (Å²) in [6.45, 7) is 7.05. The van der Waals surface area contributed by atoms with Crippen molar-refractivity contribution < 1.29 is 14.4 Å². The maximum absolute atomic E-state index is 12.7. The van der Waals surface area contributed by atoms with Crippen LogP contribution in [-0.2, 0) is 11.3 Å². The van der Waals surface area contributed by atoms with Gasteiger partial charge in [-0.3, -0.25) is 4.79 Å². The van der Waals surface area contributed by atoms with Crippen LogP contribution >= 0.6 is 34.5 Å². The Bertz CT molecular complexity index is 748. The molecule has 4 nitrogen and oxygen atoms in total. The number of quaternary nitrogens is 1. The van der Waals surface area contributed by atoms with E-state index in [0.717, 1.165) is 14.1 Å². The van der Waals surface area contributed by atoms with Crippen LogP contribution in [-0.4, -0.2) is 25.6 Å². The molecular formula is C18H21Cl2N2O2S+. The van der Waals surface area contributed by atoms with Crippen molar-refractivity contribution in [2.24, 2.45) is 0 Å². The van der Waals surface area contributed by atoms with E-state index >= 15 is 0 Å². The number of anilines is 1. The van der Waals surface area contributed by atoms with Crippen LogP contribution in [0.25, 0.3) is 0 Å². The number of halogens is 2. The Morgan fingerprint density at radius 3 is 2.76 bits per heavy atom. The summed E-state index contributed by atoms with van der Waals surface area (Å²) in [6.07, 6.45) is 1.81. The summed E-state index contributed by atoms with van der Waals surface area (Å²) in [4.78, 5) is 14.9. The molecule has 0 aliphatic rings. The normalized spacial score (nSPS) is 13.1. The van der Waals surface area contributed by atoms with E-state index in [4.69, 9.17) is 27.9 Å². The summed E-state index contributed by atoms with van der Waals surface area (Å²) in [5.41, 5.74) is 0.559. The van der Waals surface area contributed by atoms with Crippen molar-refractivity contribution in [3.63, 3.8) is 0 Å². The molecule has 1 amide bonds. The van der Waals surface area contributed by atoms with E-state index in [0.29, 0.717) is 29.5 Å². The fraction of sp³-hybridized carbons (Fsp3) is 0.278. The fourth-order valence-corrected chi connectivity index (χ4v) is 3.77. The van der Waals surface area contributed by atoms with Crippen LogP contribution in [0.4, 0.5) is 5.69 Å². The zero-order valence-electron chi connectivity index (χ0n) is 14.1. The molecule has 2 aromatic rings. The molecule has 1 heterocycles. The van der Waals surface area contributed by atoms with E-state index < -0.39 is 0 Å². The SMILES string of the molecule is C=CC[NH+](Cc1ccc(Cl)s1)[C@H](C)C(=O)Nc1cc(Cl)ccc1OC. The van der Waals surface area contributed by atoms with Gasteiger partial charge < -0.3 is 15.0 Å². The number of hydrogen-bond acceptors (Lipinski definition) is 3. The second-order valence-corrected chi connectivity index (χ2v) is 7.83. The lowest BCUT2D eigenvalue weighted by atomic mass is 10.2. The van der Waals surface area contributed by atoms with E-state index in [-0.39, 0.29) is 11.9 Å². The summed E-state index contributed by atoms with van der Waals surface area (Å²) < 4.78 is 6.02. The number of benzene rings is 1. The second kappa shape index (κ2) is 9.25. The molecule has 134 valence electrons. The third-order valence-corrected chi connectivity index (χ3v) is 5.33. The summed E-state index contributed by atoms with van der Waals surface area (Å²) in [6, 6.07) is 8.69. The van der Waals surface area contributed by atoms with Crippen molar-refractivity contribution in [1.29, 1.82) is 0 Å². The van der Waals surface area contributed by atoms with Gasteiger partial charge in [0.15, 0.2) is 6.04 Å². The van der Waals surface area contributed by atoms with Crippen molar-refractivity contribution >= 4 is 46.1 Å². The van der Waals surface area contributed by atoms with Crippen LogP contribution in [0.15, 0.2) is 43.0 Å². The van der Waals surface area contributed by atoms with Crippen LogP contribution in [0.2, 0.25) is 9.36 Å². The highest BCUT2D eigenvalue weighted by molar-refractivity contribution is 7.16. The van der Waals surface area contributed by atoms with Gasteiger partial charge in [0.25, 0.3) is 5.91 Å². The van der Waals surface area contributed by atoms with Crippen LogP contribution in [0.3, 0.4) is 0 Å². The monoisotopic (exact) mass is 399 g/mol. The third kappa shape index (κ3) is 5.47. The summed E-state index contributed by atoms with van der Waals surface area (Å²) in [5, 5.41) is 3.44. The van der Waals surface area contributed by atoms with Gasteiger partial charge in [-0.25, -0.2) is 0 Å². The molecule has 2 rings (SSSR count). The Hall–Kier alpha value is -1.53. The number of amides is 1. The molecule has 2 atom stereocenters. The number of methoxy groups -OCH3 is 1. The second-order valence-electron chi connectivity index (χ2n) is 5.59. The Morgan fingerprint density at radius 1 is 1.40 bits per heavy atom. The standard InChI is InChI=1S/C18H20Cl2N2O2S/c1-4-9-22(11-14-6-8-17(20)25-14)12(2)18(23)21-15-10-13(19)5-7-16(15)24-3/h4-8,10,12H,1,9,11H2,2-3H3,(H,21,23)/p+1/t12-/m1/s1. The smallest absolute Gasteiger partial charge is 0.282 e. The van der Waals surface area contributed by atoms with E-state index in [1.54, 1.807) is 25.3 Å². The molecule has 25 heavy (non-hydrogen) atoms. The largest absolute Gasteiger partial charge is 0.495 e. The number of carbonyl (C=O) groups excluding carboxylic acids is 1. The number of nitrogens with one attached hydrogen (secondary N) is 2. The number of hydrogen-bond donors (Lipinski definition) is 2. The fourth-order valence-electron chi connectivity index (χ4n) is 2.46. The highest BCUT2D eigenvalue weighted by Crippen LogP contribution is 2.27. The minimum Gasteiger partial charge on any atom is -0.495 e. The van der Waals surface area contributed by atoms with Crippen molar-refractivity contribution in [1.82, 2.24) is 0 Å². The molecule has 0 radical (unpaired) electrons. The number of ether oxygens (including phenoxy) is 1. The van der Waals surface area contributed by atoms with Gasteiger partial charge in [0, 0.05) is 5.02 Å². The van der Waals surface area contributed by atoms with E-state index in [1.165, 1.54) is 11.3 Å². The van der Waals surface area contributed by atoms with Crippen LogP contribution in [0.1, 0.15) is 11.8 Å². The van der Waals surface area contributed by atoms with Crippen molar-refractivity contribution in [3.8, 4) is 5.75 Å². The maximum Gasteiger partial charge on any atom is 0.282 e. The molecule has 1 aromatic heterocycles. The Labute approximate surface area is 162 Å². The number of carbonyl (C=O) groups is 1. The third-order valence-electron chi connectivity index (χ3n) is 3.86. The van der Waals surface area contributed by atoms with Gasteiger partial charge in [-0.2, -0.15) is 0 Å². The van der Waals surface area contributed by atoms with Crippen LogP contribution in [0.5, 0.6) is 5.75 Å². The predicted octanol–water partition coefficient (Wildman–Crippen LogP) is 3.66. The van der Waals surface area contributed by atoms with E-state index in [1.807, 2.05) is 25.1 Å². The number of thiophene rings is 1. The van der Waals surface area contributed by atoms with Gasteiger partial charge in [-0.05, 0) is 43.3 Å². The molecule has 0 aliphatic heterocycles. The maximum atomic E-state index is 12.7. The predicted molar refractivity (Wildman–Crippen MR) is 105 cm³/mol. The molecular weight excluding hydrogens is 379 g/mol. The summed E-state index contributed by atoms with van der Waals surface area (Å²) in [7, 11) is 1.55. The Kier molecular flexibility index (Phi) is 7.32. The quantitative estimate of drug-likeness (QED) is 0.665. The van der Waals surface area contributed by atoms with Gasteiger partial charge in [-0.1, -0.05) is 29.8 Å². The highest BCUT2D eigenvalue weighted by atomic mass is 35.5. The van der Waals surface area contributed by atoms with Gasteiger partial charge >= 0.3 is 0 Å². The number of rotatable bonds is 8. The van der Waals surface area contributed by atoms with Crippen LogP contribution < -0.4 is 15.0 Å². The van der Waals surface area contributed by atoms with Gasteiger partial charge in [-0.15, -0.1) is 11.3 Å². The summed E-state index contributed by atoms with van der Waals surface area (Å²) in [5.74, 6) is 0.459. The Morgan fingerprint density at radius 2 is 2.16 bits per heavy atom. The van der Waals surface area contributed by atoms with Crippen molar-refractivity contribution in [2.45, 2.75) is 19.5 Å². The van der Waals surface area contributed by atoms with Gasteiger partial charge in [0.05, 0.1) is 28.6 Å². The lowest BCUT2D eigenvalue weighted by Gasteiger charge is -2.24. The minimum absolute atomic E-state index is 0.111. The zero-order chi connectivity index (χ0) is 18.4. The van der Waals surface area contributed by atoms with Crippen LogP contribution in [0, 0.1) is 0 Å². The molecule has 0 spiro atoms. The molecule has 1 unspecified atom stereocenters. The molecule has 0 aliphatic carbocycles. The van der Waals surface area contributed by atoms with Gasteiger partial charge in [0.2, 0.25) is 0 Å². The summed E-state index contributed by atoms with van der Waals surface area (Å²) >= 11 is 13.5. The first-order chi connectivity index (χ1) is 11.9. The molecule has 0 bridgehead atoms. The molecule has 0 fully saturated rings. The van der Waals surface area contributed by atoms with E-state index in [2.05, 4.69) is 11.9 Å². The molecule has 1 aromatic carbocycles. The topological polar surface area (TPSA) is 42.8 Å². The first kappa shape index (κ1) is 19.8. The first-order valence-electron chi connectivity index (χ1n) is 7.78. The average Bonchev–Trinajstić information content (AvgIpc) is 2.99. The molecule has 7 heteroatoms. The minimum atomic E-state index is -0.289. The van der Waals surface area contributed by atoms with Gasteiger partial charge in [0.1, 0.15) is 12.3 Å².